The molecule has 0 saturated heterocycles. The van der Waals surface area contributed by atoms with Crippen molar-refractivity contribution >= 4 is 23.3 Å². The van der Waals surface area contributed by atoms with E-state index in [9.17, 15) is 4.79 Å². The van der Waals surface area contributed by atoms with Crippen LogP contribution in [0.25, 0.3) is 5.69 Å². The Morgan fingerprint density at radius 1 is 1.19 bits per heavy atom. The highest BCUT2D eigenvalue weighted by Crippen LogP contribution is 2.19. The van der Waals surface area contributed by atoms with Crippen LogP contribution >= 0.6 is 11.6 Å². The van der Waals surface area contributed by atoms with Gasteiger partial charge in [0.2, 0.25) is 5.91 Å². The summed E-state index contributed by atoms with van der Waals surface area (Å²) in [7, 11) is 1.61. The summed E-state index contributed by atoms with van der Waals surface area (Å²) < 4.78 is 7.01. The van der Waals surface area contributed by atoms with Gasteiger partial charge in [-0.05, 0) is 48.4 Å². The lowest BCUT2D eigenvalue weighted by atomic mass is 10.1. The highest BCUT2D eigenvalue weighted by atomic mass is 35.5. The van der Waals surface area contributed by atoms with Crippen molar-refractivity contribution in [2.45, 2.75) is 19.8 Å². The SMILES string of the molecule is CCc1cc(NC(=O)Cc2cccc(OC)c2)nn1-c1ccc(Cl)cc1. The minimum Gasteiger partial charge on any atom is -0.497 e. The lowest BCUT2D eigenvalue weighted by Crippen LogP contribution is -2.15. The van der Waals surface area contributed by atoms with Crippen LogP contribution in [0.4, 0.5) is 5.82 Å². The Morgan fingerprint density at radius 3 is 2.65 bits per heavy atom. The first-order chi connectivity index (χ1) is 12.6. The number of hydrogen-bond donors (Lipinski definition) is 1. The molecule has 0 aliphatic rings. The van der Waals surface area contributed by atoms with Crippen molar-refractivity contribution in [3.8, 4) is 11.4 Å². The third kappa shape index (κ3) is 4.24. The van der Waals surface area contributed by atoms with Crippen LogP contribution in [0.15, 0.2) is 54.6 Å². The normalized spacial score (nSPS) is 10.6. The number of ether oxygens (including phenoxy) is 1. The van der Waals surface area contributed by atoms with E-state index in [1.807, 2.05) is 66.2 Å². The van der Waals surface area contributed by atoms with Crippen LogP contribution in [0.5, 0.6) is 5.75 Å². The van der Waals surface area contributed by atoms with Crippen molar-refractivity contribution in [2.75, 3.05) is 12.4 Å². The zero-order valence-corrected chi connectivity index (χ0v) is 15.5. The smallest absolute Gasteiger partial charge is 0.229 e. The molecule has 134 valence electrons. The van der Waals surface area contributed by atoms with Crippen molar-refractivity contribution in [3.05, 3.63) is 70.9 Å². The fourth-order valence-corrected chi connectivity index (χ4v) is 2.82. The standard InChI is InChI=1S/C20H20ClN3O2/c1-3-16-13-19(23-24(16)17-9-7-15(21)8-10-17)22-20(25)12-14-5-4-6-18(11-14)26-2/h4-11,13H,3,12H2,1-2H3,(H,22,23,25). The molecule has 3 aromatic rings. The average molecular weight is 370 g/mol. The van der Waals surface area contributed by atoms with E-state index >= 15 is 0 Å². The Balaban J connectivity index is 1.75. The second kappa shape index (κ2) is 8.06. The first-order valence-corrected chi connectivity index (χ1v) is 8.74. The maximum absolute atomic E-state index is 12.4. The largest absolute Gasteiger partial charge is 0.497 e. The van der Waals surface area contributed by atoms with Gasteiger partial charge in [0, 0.05) is 16.8 Å². The van der Waals surface area contributed by atoms with Gasteiger partial charge in [0.25, 0.3) is 0 Å². The molecule has 0 radical (unpaired) electrons. The molecule has 1 amide bonds. The third-order valence-corrected chi connectivity index (χ3v) is 4.23. The van der Waals surface area contributed by atoms with Gasteiger partial charge in [-0.25, -0.2) is 4.68 Å². The average Bonchev–Trinajstić information content (AvgIpc) is 3.05. The number of carbonyl (C=O) groups is 1. The van der Waals surface area contributed by atoms with Crippen LogP contribution in [0, 0.1) is 0 Å². The van der Waals surface area contributed by atoms with Gasteiger partial charge in [0.15, 0.2) is 5.82 Å². The van der Waals surface area contributed by atoms with Crippen LogP contribution in [-0.2, 0) is 17.6 Å². The number of halogens is 1. The van der Waals surface area contributed by atoms with Crippen LogP contribution in [0.1, 0.15) is 18.2 Å². The van der Waals surface area contributed by atoms with Crippen LogP contribution in [0.3, 0.4) is 0 Å². The van der Waals surface area contributed by atoms with E-state index < -0.39 is 0 Å². The number of rotatable bonds is 6. The molecule has 26 heavy (non-hydrogen) atoms. The number of anilines is 1. The summed E-state index contributed by atoms with van der Waals surface area (Å²) in [6, 6.07) is 16.8. The second-order valence-electron chi connectivity index (χ2n) is 5.84. The van der Waals surface area contributed by atoms with E-state index in [1.54, 1.807) is 7.11 Å². The lowest BCUT2D eigenvalue weighted by Gasteiger charge is -2.06. The van der Waals surface area contributed by atoms with E-state index in [0.29, 0.717) is 10.8 Å². The molecular formula is C20H20ClN3O2. The molecule has 0 bridgehead atoms. The zero-order valence-electron chi connectivity index (χ0n) is 14.7. The van der Waals surface area contributed by atoms with Gasteiger partial charge in [-0.1, -0.05) is 30.7 Å². The van der Waals surface area contributed by atoms with E-state index in [0.717, 1.165) is 29.1 Å². The molecule has 0 saturated carbocycles. The van der Waals surface area contributed by atoms with Crippen LogP contribution < -0.4 is 10.1 Å². The number of amides is 1. The van der Waals surface area contributed by atoms with Gasteiger partial charge < -0.3 is 10.1 Å². The second-order valence-corrected chi connectivity index (χ2v) is 6.28. The van der Waals surface area contributed by atoms with Gasteiger partial charge in [0.05, 0.1) is 19.2 Å². The third-order valence-electron chi connectivity index (χ3n) is 3.98. The lowest BCUT2D eigenvalue weighted by molar-refractivity contribution is -0.115. The number of hydrogen-bond acceptors (Lipinski definition) is 3. The highest BCUT2D eigenvalue weighted by Gasteiger charge is 2.12. The number of carbonyl (C=O) groups excluding carboxylic acids is 1. The fourth-order valence-electron chi connectivity index (χ4n) is 2.69. The molecule has 5 nitrogen and oxygen atoms in total. The number of nitrogens with one attached hydrogen (secondary N) is 1. The molecule has 0 unspecified atom stereocenters. The topological polar surface area (TPSA) is 56.1 Å². The molecule has 0 fully saturated rings. The highest BCUT2D eigenvalue weighted by molar-refractivity contribution is 6.30. The molecule has 2 aromatic carbocycles. The number of nitrogens with zero attached hydrogens (tertiary/aromatic N) is 2. The molecule has 1 heterocycles. The molecule has 0 aliphatic carbocycles. The Hall–Kier alpha value is -2.79. The molecule has 1 N–H and O–H groups in total. The van der Waals surface area contributed by atoms with Gasteiger partial charge in [-0.2, -0.15) is 0 Å². The van der Waals surface area contributed by atoms with Gasteiger partial charge in [-0.3, -0.25) is 4.79 Å². The monoisotopic (exact) mass is 369 g/mol. The van der Waals surface area contributed by atoms with Crippen molar-refractivity contribution in [3.63, 3.8) is 0 Å². The Labute approximate surface area is 157 Å². The molecule has 1 aromatic heterocycles. The summed E-state index contributed by atoms with van der Waals surface area (Å²) in [5, 5.41) is 8.05. The molecule has 0 spiro atoms. The Kier molecular flexibility index (Phi) is 5.58. The van der Waals surface area contributed by atoms with Crippen molar-refractivity contribution < 1.29 is 9.53 Å². The molecule has 0 atom stereocenters. The summed E-state index contributed by atoms with van der Waals surface area (Å²) >= 11 is 5.95. The first-order valence-electron chi connectivity index (χ1n) is 8.36. The van der Waals surface area contributed by atoms with E-state index in [1.165, 1.54) is 0 Å². The summed E-state index contributed by atoms with van der Waals surface area (Å²) in [5.41, 5.74) is 2.79. The molecular weight excluding hydrogens is 350 g/mol. The number of benzene rings is 2. The van der Waals surface area contributed by atoms with Gasteiger partial charge in [0.1, 0.15) is 5.75 Å². The summed E-state index contributed by atoms with van der Waals surface area (Å²) in [5.74, 6) is 1.14. The summed E-state index contributed by atoms with van der Waals surface area (Å²) in [6.45, 7) is 2.05. The number of aromatic nitrogens is 2. The Morgan fingerprint density at radius 2 is 1.96 bits per heavy atom. The predicted molar refractivity (Wildman–Crippen MR) is 103 cm³/mol. The number of methoxy groups -OCH3 is 1. The fraction of sp³-hybridized carbons (Fsp3) is 0.200. The van der Waals surface area contributed by atoms with E-state index in [2.05, 4.69) is 10.4 Å². The van der Waals surface area contributed by atoms with E-state index in [-0.39, 0.29) is 12.3 Å². The van der Waals surface area contributed by atoms with Crippen molar-refractivity contribution in [1.29, 1.82) is 0 Å². The summed E-state index contributed by atoms with van der Waals surface area (Å²) in [4.78, 5) is 12.4. The molecule has 6 heteroatoms. The van der Waals surface area contributed by atoms with Crippen molar-refractivity contribution in [2.24, 2.45) is 0 Å². The Bertz CT molecular complexity index is 904. The quantitative estimate of drug-likeness (QED) is 0.705. The maximum atomic E-state index is 12.4. The molecule has 0 aliphatic heterocycles. The minimum absolute atomic E-state index is 0.123. The molecule has 3 rings (SSSR count). The predicted octanol–water partition coefficient (Wildman–Crippen LogP) is 4.28. The van der Waals surface area contributed by atoms with E-state index in [4.69, 9.17) is 16.3 Å². The van der Waals surface area contributed by atoms with Crippen LogP contribution in [-0.4, -0.2) is 22.8 Å². The van der Waals surface area contributed by atoms with Crippen LogP contribution in [0.2, 0.25) is 5.02 Å². The number of aryl methyl sites for hydroxylation is 1. The summed E-state index contributed by atoms with van der Waals surface area (Å²) in [6.07, 6.45) is 1.05. The van der Waals surface area contributed by atoms with Gasteiger partial charge in [-0.15, -0.1) is 5.10 Å². The van der Waals surface area contributed by atoms with Crippen molar-refractivity contribution in [1.82, 2.24) is 9.78 Å². The first kappa shape index (κ1) is 18.0. The zero-order chi connectivity index (χ0) is 18.5. The van der Waals surface area contributed by atoms with Gasteiger partial charge >= 0.3 is 0 Å². The maximum Gasteiger partial charge on any atom is 0.229 e. The minimum atomic E-state index is -0.123.